The Morgan fingerprint density at radius 3 is 2.89 bits per heavy atom. The van der Waals surface area contributed by atoms with E-state index in [1.165, 1.54) is 0 Å². The lowest BCUT2D eigenvalue weighted by atomic mass is 10.1. The van der Waals surface area contributed by atoms with E-state index < -0.39 is 0 Å². The predicted octanol–water partition coefficient (Wildman–Crippen LogP) is 0.984. The first kappa shape index (κ1) is 13.0. The molecule has 2 rings (SSSR count). The van der Waals surface area contributed by atoms with Crippen LogP contribution in [0.25, 0.3) is 0 Å². The molecule has 5 heteroatoms. The molecular formula is C13H19N3O2. The maximum absolute atomic E-state index is 12.0. The van der Waals surface area contributed by atoms with Crippen molar-refractivity contribution in [1.82, 2.24) is 15.3 Å². The van der Waals surface area contributed by atoms with E-state index in [-0.39, 0.29) is 12.0 Å². The molecule has 2 atom stereocenters. The van der Waals surface area contributed by atoms with Gasteiger partial charge in [0.15, 0.2) is 0 Å². The van der Waals surface area contributed by atoms with Gasteiger partial charge >= 0.3 is 0 Å². The SMILES string of the molecule is Cc1ncc(C(=O)NC[C@H]2CC[C@H](O)C2)c(C)n1. The molecule has 0 spiro atoms. The van der Waals surface area contributed by atoms with Gasteiger partial charge in [0.25, 0.3) is 5.91 Å². The molecule has 0 aliphatic heterocycles. The number of hydrogen-bond donors (Lipinski definition) is 2. The van der Waals surface area contributed by atoms with Crippen LogP contribution >= 0.6 is 0 Å². The van der Waals surface area contributed by atoms with E-state index in [9.17, 15) is 9.90 Å². The van der Waals surface area contributed by atoms with Gasteiger partial charge in [-0.15, -0.1) is 0 Å². The summed E-state index contributed by atoms with van der Waals surface area (Å²) in [5, 5.41) is 12.3. The third-order valence-electron chi connectivity index (χ3n) is 3.41. The minimum Gasteiger partial charge on any atom is -0.393 e. The molecular weight excluding hydrogens is 230 g/mol. The molecule has 98 valence electrons. The van der Waals surface area contributed by atoms with E-state index in [0.717, 1.165) is 19.3 Å². The highest BCUT2D eigenvalue weighted by Gasteiger charge is 2.23. The summed E-state index contributed by atoms with van der Waals surface area (Å²) in [5.41, 5.74) is 1.23. The van der Waals surface area contributed by atoms with Gasteiger partial charge in [0.2, 0.25) is 0 Å². The Morgan fingerprint density at radius 2 is 2.28 bits per heavy atom. The van der Waals surface area contributed by atoms with E-state index in [0.29, 0.717) is 29.5 Å². The zero-order chi connectivity index (χ0) is 13.1. The number of aryl methyl sites for hydroxylation is 2. The van der Waals surface area contributed by atoms with Gasteiger partial charge in [-0.25, -0.2) is 9.97 Å². The van der Waals surface area contributed by atoms with Crippen molar-refractivity contribution in [2.45, 2.75) is 39.2 Å². The fourth-order valence-corrected chi connectivity index (χ4v) is 2.37. The molecule has 0 aromatic carbocycles. The number of amides is 1. The molecule has 1 saturated carbocycles. The van der Waals surface area contributed by atoms with Gasteiger partial charge in [-0.1, -0.05) is 0 Å². The standard InChI is InChI=1S/C13H19N3O2/c1-8-12(7-14-9(2)16-8)13(18)15-6-10-3-4-11(17)5-10/h7,10-11,17H,3-6H2,1-2H3,(H,15,18)/t10-,11-/m0/s1. The van der Waals surface area contributed by atoms with Crippen LogP contribution in [0, 0.1) is 19.8 Å². The summed E-state index contributed by atoms with van der Waals surface area (Å²) in [4.78, 5) is 20.2. The number of nitrogens with one attached hydrogen (secondary N) is 1. The lowest BCUT2D eigenvalue weighted by Gasteiger charge is -2.11. The quantitative estimate of drug-likeness (QED) is 0.837. The Balaban J connectivity index is 1.91. The van der Waals surface area contributed by atoms with Gasteiger partial charge < -0.3 is 10.4 Å². The molecule has 0 radical (unpaired) electrons. The Morgan fingerprint density at radius 1 is 1.50 bits per heavy atom. The molecule has 1 aliphatic rings. The van der Waals surface area contributed by atoms with Crippen LogP contribution in [0.15, 0.2) is 6.20 Å². The minimum atomic E-state index is -0.198. The summed E-state index contributed by atoms with van der Waals surface area (Å²) in [6.07, 6.45) is 3.97. The van der Waals surface area contributed by atoms with Crippen molar-refractivity contribution in [1.29, 1.82) is 0 Å². The molecule has 1 aliphatic carbocycles. The van der Waals surface area contributed by atoms with Crippen molar-refractivity contribution < 1.29 is 9.90 Å². The second kappa shape index (κ2) is 5.44. The number of nitrogens with zero attached hydrogens (tertiary/aromatic N) is 2. The summed E-state index contributed by atoms with van der Waals surface area (Å²) in [5.74, 6) is 0.924. The number of aromatic nitrogens is 2. The molecule has 1 fully saturated rings. The number of hydrogen-bond acceptors (Lipinski definition) is 4. The van der Waals surface area contributed by atoms with Gasteiger partial charge in [0, 0.05) is 12.7 Å². The summed E-state index contributed by atoms with van der Waals surface area (Å²) >= 11 is 0. The van der Waals surface area contributed by atoms with Gasteiger partial charge in [-0.3, -0.25) is 4.79 Å². The van der Waals surface area contributed by atoms with E-state index >= 15 is 0 Å². The average molecular weight is 249 g/mol. The Labute approximate surface area is 107 Å². The van der Waals surface area contributed by atoms with Crippen LogP contribution in [0.1, 0.15) is 41.1 Å². The van der Waals surface area contributed by atoms with E-state index in [1.54, 1.807) is 13.1 Å². The molecule has 1 amide bonds. The smallest absolute Gasteiger partial charge is 0.254 e. The fourth-order valence-electron chi connectivity index (χ4n) is 2.37. The Hall–Kier alpha value is -1.49. The molecule has 0 saturated heterocycles. The van der Waals surface area contributed by atoms with Crippen molar-refractivity contribution in [3.05, 3.63) is 23.3 Å². The first-order valence-electron chi connectivity index (χ1n) is 6.32. The van der Waals surface area contributed by atoms with E-state index in [4.69, 9.17) is 0 Å². The second-order valence-electron chi connectivity index (χ2n) is 4.96. The van der Waals surface area contributed by atoms with Crippen molar-refractivity contribution in [3.63, 3.8) is 0 Å². The first-order valence-corrected chi connectivity index (χ1v) is 6.32. The summed E-state index contributed by atoms with van der Waals surface area (Å²) < 4.78 is 0. The number of aliphatic hydroxyl groups is 1. The molecule has 2 N–H and O–H groups in total. The number of carbonyl (C=O) groups is 1. The zero-order valence-corrected chi connectivity index (χ0v) is 10.8. The molecule has 5 nitrogen and oxygen atoms in total. The third kappa shape index (κ3) is 3.04. The second-order valence-corrected chi connectivity index (χ2v) is 4.96. The van der Waals surface area contributed by atoms with E-state index in [1.807, 2.05) is 6.92 Å². The van der Waals surface area contributed by atoms with Crippen LogP contribution in [0.4, 0.5) is 0 Å². The minimum absolute atomic E-state index is 0.131. The molecule has 1 aromatic heterocycles. The lowest BCUT2D eigenvalue weighted by Crippen LogP contribution is -2.29. The highest BCUT2D eigenvalue weighted by atomic mass is 16.3. The summed E-state index contributed by atoms with van der Waals surface area (Å²) in [7, 11) is 0. The topological polar surface area (TPSA) is 75.1 Å². The van der Waals surface area contributed by atoms with Gasteiger partial charge in [-0.05, 0) is 39.0 Å². The van der Waals surface area contributed by atoms with Crippen molar-refractivity contribution >= 4 is 5.91 Å². The lowest BCUT2D eigenvalue weighted by molar-refractivity contribution is 0.0943. The van der Waals surface area contributed by atoms with Crippen LogP contribution in [-0.2, 0) is 0 Å². The maximum Gasteiger partial charge on any atom is 0.254 e. The Bertz CT molecular complexity index is 448. The molecule has 0 unspecified atom stereocenters. The van der Waals surface area contributed by atoms with Crippen LogP contribution in [-0.4, -0.2) is 33.6 Å². The maximum atomic E-state index is 12.0. The van der Waals surface area contributed by atoms with Crippen LogP contribution < -0.4 is 5.32 Å². The monoisotopic (exact) mass is 249 g/mol. The highest BCUT2D eigenvalue weighted by Crippen LogP contribution is 2.24. The van der Waals surface area contributed by atoms with E-state index in [2.05, 4.69) is 15.3 Å². The highest BCUT2D eigenvalue weighted by molar-refractivity contribution is 5.94. The first-order chi connectivity index (χ1) is 8.56. The van der Waals surface area contributed by atoms with Gasteiger partial charge in [0.1, 0.15) is 5.82 Å². The molecule has 18 heavy (non-hydrogen) atoms. The largest absolute Gasteiger partial charge is 0.393 e. The number of rotatable bonds is 3. The Kier molecular flexibility index (Phi) is 3.91. The van der Waals surface area contributed by atoms with Crippen LogP contribution in [0.5, 0.6) is 0 Å². The number of aliphatic hydroxyl groups excluding tert-OH is 1. The average Bonchev–Trinajstić information content (AvgIpc) is 2.72. The number of carbonyl (C=O) groups excluding carboxylic acids is 1. The normalized spacial score (nSPS) is 23.1. The molecule has 0 bridgehead atoms. The van der Waals surface area contributed by atoms with Crippen molar-refractivity contribution in [2.24, 2.45) is 5.92 Å². The fraction of sp³-hybridized carbons (Fsp3) is 0.615. The van der Waals surface area contributed by atoms with Crippen LogP contribution in [0.3, 0.4) is 0 Å². The van der Waals surface area contributed by atoms with Crippen molar-refractivity contribution in [2.75, 3.05) is 6.54 Å². The zero-order valence-electron chi connectivity index (χ0n) is 10.8. The van der Waals surface area contributed by atoms with Crippen molar-refractivity contribution in [3.8, 4) is 0 Å². The molecule has 1 heterocycles. The third-order valence-corrected chi connectivity index (χ3v) is 3.41. The predicted molar refractivity (Wildman–Crippen MR) is 67.2 cm³/mol. The van der Waals surface area contributed by atoms with Gasteiger partial charge in [-0.2, -0.15) is 0 Å². The summed E-state index contributed by atoms with van der Waals surface area (Å²) in [6.45, 7) is 4.22. The molecule has 1 aromatic rings. The van der Waals surface area contributed by atoms with Gasteiger partial charge in [0.05, 0.1) is 17.4 Å². The summed E-state index contributed by atoms with van der Waals surface area (Å²) in [6, 6.07) is 0. The van der Waals surface area contributed by atoms with Crippen LogP contribution in [0.2, 0.25) is 0 Å².